The Morgan fingerprint density at radius 3 is 1.92 bits per heavy atom. The Morgan fingerprint density at radius 1 is 0.760 bits per heavy atom. The van der Waals surface area contributed by atoms with Gasteiger partial charge in [0.05, 0.1) is 4.90 Å². The van der Waals surface area contributed by atoms with Crippen LogP contribution in [0.5, 0.6) is 0 Å². The van der Waals surface area contributed by atoms with Crippen LogP contribution in [0, 0.1) is 6.92 Å². The van der Waals surface area contributed by atoms with Gasteiger partial charge in [-0.2, -0.15) is 0 Å². The number of sulfone groups is 1. The van der Waals surface area contributed by atoms with Crippen LogP contribution in [-0.2, 0) is 9.84 Å². The minimum absolute atomic E-state index is 0.338. The number of aryl methyl sites for hydroxylation is 1. The van der Waals surface area contributed by atoms with Crippen LogP contribution in [0.25, 0.3) is 6.08 Å². The van der Waals surface area contributed by atoms with Gasteiger partial charge < -0.3 is 0 Å². The molecule has 2 nitrogen and oxygen atoms in total. The Balaban J connectivity index is 2.05. The molecule has 0 fully saturated rings. The normalized spacial score (nSPS) is 13.0. The minimum Gasteiger partial charge on any atom is -0.223 e. The maximum atomic E-state index is 13.2. The monoisotopic (exact) mass is 348 g/mol. The van der Waals surface area contributed by atoms with E-state index < -0.39 is 15.1 Å². The molecular weight excluding hydrogens is 328 g/mol. The lowest BCUT2D eigenvalue weighted by atomic mass is 10.1. The molecule has 0 saturated heterocycles. The highest BCUT2D eigenvalue weighted by Crippen LogP contribution is 2.31. The van der Waals surface area contributed by atoms with Gasteiger partial charge in [0.2, 0.25) is 0 Å². The molecule has 3 heteroatoms. The fourth-order valence-corrected chi connectivity index (χ4v) is 4.28. The van der Waals surface area contributed by atoms with Crippen molar-refractivity contribution in [3.05, 3.63) is 108 Å². The van der Waals surface area contributed by atoms with Crippen LogP contribution in [-0.4, -0.2) is 8.42 Å². The molecule has 1 atom stereocenters. The zero-order chi connectivity index (χ0) is 17.7. The molecule has 0 radical (unpaired) electrons. The van der Waals surface area contributed by atoms with Crippen LogP contribution in [0.1, 0.15) is 21.9 Å². The van der Waals surface area contributed by atoms with Gasteiger partial charge in [0, 0.05) is 0 Å². The van der Waals surface area contributed by atoms with Gasteiger partial charge in [0.1, 0.15) is 5.25 Å². The summed E-state index contributed by atoms with van der Waals surface area (Å²) in [4.78, 5) is 0.338. The van der Waals surface area contributed by atoms with Crippen molar-refractivity contribution in [3.8, 4) is 0 Å². The van der Waals surface area contributed by atoms with Crippen LogP contribution in [0.2, 0.25) is 0 Å². The summed E-state index contributed by atoms with van der Waals surface area (Å²) in [5, 5.41) is -0.725. The minimum atomic E-state index is -3.53. The van der Waals surface area contributed by atoms with E-state index in [1.807, 2.05) is 85.8 Å². The fraction of sp³-hybridized carbons (Fsp3) is 0.0909. The average Bonchev–Trinajstić information content (AvgIpc) is 2.64. The standard InChI is InChI=1S/C22H20O2S/c1-18-12-15-21(16-13-18)25(23,24)22(20-10-6-3-7-11-20)17-14-19-8-4-2-5-9-19/h2-17,22H,1H3/b17-14+/t22-/m0/s1. The Labute approximate surface area is 149 Å². The SMILES string of the molecule is Cc1ccc(S(=O)(=O)[C@@H](/C=C/c2ccccc2)c2ccccc2)cc1. The molecule has 0 amide bonds. The summed E-state index contributed by atoms with van der Waals surface area (Å²) >= 11 is 0. The molecule has 0 aliphatic carbocycles. The van der Waals surface area contributed by atoms with Crippen molar-refractivity contribution in [3.63, 3.8) is 0 Å². The van der Waals surface area contributed by atoms with E-state index in [0.29, 0.717) is 4.90 Å². The van der Waals surface area contributed by atoms with E-state index in [9.17, 15) is 8.42 Å². The summed E-state index contributed by atoms with van der Waals surface area (Å²) in [7, 11) is -3.53. The summed E-state index contributed by atoms with van der Waals surface area (Å²) < 4.78 is 26.4. The second-order valence-electron chi connectivity index (χ2n) is 5.96. The van der Waals surface area contributed by atoms with Crippen molar-refractivity contribution in [1.29, 1.82) is 0 Å². The van der Waals surface area contributed by atoms with E-state index in [1.54, 1.807) is 18.2 Å². The molecule has 0 aliphatic rings. The molecular formula is C22H20O2S. The molecule has 0 heterocycles. The predicted octanol–water partition coefficient (Wildman–Crippen LogP) is 5.22. The van der Waals surface area contributed by atoms with Crippen molar-refractivity contribution in [2.24, 2.45) is 0 Å². The Hall–Kier alpha value is -2.65. The van der Waals surface area contributed by atoms with Crippen LogP contribution in [0.15, 0.2) is 95.9 Å². The van der Waals surface area contributed by atoms with E-state index in [0.717, 1.165) is 16.7 Å². The Bertz CT molecular complexity index is 942. The van der Waals surface area contributed by atoms with Crippen LogP contribution in [0.3, 0.4) is 0 Å². The average molecular weight is 348 g/mol. The summed E-state index contributed by atoms with van der Waals surface area (Å²) in [6.07, 6.45) is 3.63. The predicted molar refractivity (Wildman–Crippen MR) is 103 cm³/mol. The van der Waals surface area contributed by atoms with Crippen LogP contribution < -0.4 is 0 Å². The van der Waals surface area contributed by atoms with E-state index in [-0.39, 0.29) is 0 Å². The van der Waals surface area contributed by atoms with Crippen molar-refractivity contribution in [2.45, 2.75) is 17.1 Å². The smallest absolute Gasteiger partial charge is 0.188 e. The highest BCUT2D eigenvalue weighted by Gasteiger charge is 2.26. The maximum Gasteiger partial charge on any atom is 0.188 e. The zero-order valence-electron chi connectivity index (χ0n) is 14.0. The third kappa shape index (κ3) is 4.06. The van der Waals surface area contributed by atoms with E-state index in [1.165, 1.54) is 0 Å². The molecule has 0 unspecified atom stereocenters. The van der Waals surface area contributed by atoms with Crippen molar-refractivity contribution >= 4 is 15.9 Å². The molecule has 3 aromatic rings. The van der Waals surface area contributed by atoms with Gasteiger partial charge in [0.25, 0.3) is 0 Å². The summed E-state index contributed by atoms with van der Waals surface area (Å²) in [5.41, 5.74) is 2.77. The van der Waals surface area contributed by atoms with Crippen LogP contribution >= 0.6 is 0 Å². The van der Waals surface area contributed by atoms with Gasteiger partial charge in [-0.3, -0.25) is 0 Å². The third-order valence-electron chi connectivity index (χ3n) is 4.07. The van der Waals surface area contributed by atoms with Gasteiger partial charge in [-0.15, -0.1) is 0 Å². The summed E-state index contributed by atoms with van der Waals surface area (Å²) in [6, 6.07) is 26.1. The Kier molecular flexibility index (Phi) is 5.15. The van der Waals surface area contributed by atoms with Gasteiger partial charge in [-0.05, 0) is 30.2 Å². The first-order chi connectivity index (χ1) is 12.1. The summed E-state index contributed by atoms with van der Waals surface area (Å²) in [6.45, 7) is 1.94. The van der Waals surface area contributed by atoms with Gasteiger partial charge in [-0.25, -0.2) is 8.42 Å². The number of rotatable bonds is 5. The molecule has 126 valence electrons. The lowest BCUT2D eigenvalue weighted by Crippen LogP contribution is -2.12. The molecule has 0 aromatic heterocycles. The van der Waals surface area contributed by atoms with Crippen molar-refractivity contribution in [2.75, 3.05) is 0 Å². The first kappa shape index (κ1) is 17.2. The molecule has 0 bridgehead atoms. The summed E-state index contributed by atoms with van der Waals surface area (Å²) in [5.74, 6) is 0. The Morgan fingerprint density at radius 2 is 1.32 bits per heavy atom. The molecule has 0 saturated carbocycles. The van der Waals surface area contributed by atoms with E-state index >= 15 is 0 Å². The first-order valence-corrected chi connectivity index (χ1v) is 9.71. The molecule has 0 spiro atoms. The number of hydrogen-bond donors (Lipinski definition) is 0. The quantitative estimate of drug-likeness (QED) is 0.633. The first-order valence-electron chi connectivity index (χ1n) is 8.16. The highest BCUT2D eigenvalue weighted by atomic mass is 32.2. The molecule has 0 N–H and O–H groups in total. The largest absolute Gasteiger partial charge is 0.223 e. The molecule has 0 aliphatic heterocycles. The number of benzene rings is 3. The van der Waals surface area contributed by atoms with Gasteiger partial charge in [0.15, 0.2) is 9.84 Å². The molecule has 3 rings (SSSR count). The third-order valence-corrected chi connectivity index (χ3v) is 6.10. The van der Waals surface area contributed by atoms with Crippen molar-refractivity contribution in [1.82, 2.24) is 0 Å². The van der Waals surface area contributed by atoms with E-state index in [4.69, 9.17) is 0 Å². The lowest BCUT2D eigenvalue weighted by molar-refractivity contribution is 0.590. The van der Waals surface area contributed by atoms with Gasteiger partial charge >= 0.3 is 0 Å². The highest BCUT2D eigenvalue weighted by molar-refractivity contribution is 7.91. The van der Waals surface area contributed by atoms with Crippen molar-refractivity contribution < 1.29 is 8.42 Å². The molecule has 25 heavy (non-hydrogen) atoms. The zero-order valence-corrected chi connectivity index (χ0v) is 14.9. The lowest BCUT2D eigenvalue weighted by Gasteiger charge is -2.15. The second-order valence-corrected chi connectivity index (χ2v) is 8.03. The van der Waals surface area contributed by atoms with E-state index in [2.05, 4.69) is 0 Å². The topological polar surface area (TPSA) is 34.1 Å². The molecule has 3 aromatic carbocycles. The second kappa shape index (κ2) is 7.49. The maximum absolute atomic E-state index is 13.2. The van der Waals surface area contributed by atoms with Gasteiger partial charge in [-0.1, -0.05) is 90.5 Å². The fourth-order valence-electron chi connectivity index (χ4n) is 2.67. The van der Waals surface area contributed by atoms with Crippen LogP contribution in [0.4, 0.5) is 0 Å². The number of hydrogen-bond acceptors (Lipinski definition) is 2.